The first kappa shape index (κ1) is 17.4. The zero-order chi connectivity index (χ0) is 15.6. The minimum Gasteiger partial charge on any atom is -0.303 e. The van der Waals surface area contributed by atoms with E-state index in [9.17, 15) is 4.39 Å². The molecule has 1 aromatic carbocycles. The Labute approximate surface area is 135 Å². The average molecular weight is 306 g/mol. The fourth-order valence-electron chi connectivity index (χ4n) is 3.23. The molecule has 0 bridgehead atoms. The van der Waals surface area contributed by atoms with E-state index in [1.807, 2.05) is 12.1 Å². The van der Waals surface area contributed by atoms with Crippen LogP contribution < -0.4 is 0 Å². The van der Waals surface area contributed by atoms with E-state index in [4.69, 9.17) is 0 Å². The van der Waals surface area contributed by atoms with Crippen LogP contribution in [-0.4, -0.2) is 42.5 Å². The quantitative estimate of drug-likeness (QED) is 0.628. The van der Waals surface area contributed by atoms with Crippen LogP contribution in [0.1, 0.15) is 51.0 Å². The Kier molecular flexibility index (Phi) is 7.89. The van der Waals surface area contributed by atoms with Crippen LogP contribution in [-0.2, 0) is 6.54 Å². The number of unbranched alkanes of at least 4 members (excludes halogenated alkanes) is 2. The normalized spacial score (nSPS) is 16.3. The number of halogens is 1. The highest BCUT2D eigenvalue weighted by Gasteiger charge is 2.09. The van der Waals surface area contributed by atoms with E-state index < -0.39 is 0 Å². The summed E-state index contributed by atoms with van der Waals surface area (Å²) in [6.07, 6.45) is 8.11. The van der Waals surface area contributed by atoms with Crippen LogP contribution in [0.4, 0.5) is 4.39 Å². The summed E-state index contributed by atoms with van der Waals surface area (Å²) in [5.41, 5.74) is 1.21. The van der Waals surface area contributed by atoms with E-state index in [0.29, 0.717) is 0 Å². The van der Waals surface area contributed by atoms with E-state index in [1.165, 1.54) is 63.7 Å². The Morgan fingerprint density at radius 1 is 1.00 bits per heavy atom. The summed E-state index contributed by atoms with van der Waals surface area (Å²) in [5, 5.41) is 0. The monoisotopic (exact) mass is 306 g/mol. The van der Waals surface area contributed by atoms with Crippen molar-refractivity contribution < 1.29 is 4.39 Å². The Morgan fingerprint density at radius 3 is 2.41 bits per heavy atom. The zero-order valence-electron chi connectivity index (χ0n) is 14.1. The molecular formula is C19H31FN2. The summed E-state index contributed by atoms with van der Waals surface area (Å²) >= 11 is 0. The van der Waals surface area contributed by atoms with Gasteiger partial charge in [0.05, 0.1) is 0 Å². The van der Waals surface area contributed by atoms with Gasteiger partial charge in [-0.15, -0.1) is 0 Å². The SMILES string of the molecule is CCN(CCCCCN1CCCCC1)Cc1ccc(F)cc1. The van der Waals surface area contributed by atoms with Gasteiger partial charge in [-0.3, -0.25) is 4.90 Å². The van der Waals surface area contributed by atoms with Gasteiger partial charge in [-0.25, -0.2) is 4.39 Å². The molecule has 3 heteroatoms. The lowest BCUT2D eigenvalue weighted by atomic mass is 10.1. The van der Waals surface area contributed by atoms with Crippen molar-refractivity contribution in [3.63, 3.8) is 0 Å². The van der Waals surface area contributed by atoms with Crippen molar-refractivity contribution in [3.05, 3.63) is 35.6 Å². The fourth-order valence-corrected chi connectivity index (χ4v) is 3.23. The van der Waals surface area contributed by atoms with E-state index in [1.54, 1.807) is 12.1 Å². The van der Waals surface area contributed by atoms with Gasteiger partial charge in [-0.05, 0) is 76.1 Å². The Balaban J connectivity index is 1.58. The van der Waals surface area contributed by atoms with Gasteiger partial charge in [0.25, 0.3) is 0 Å². The lowest BCUT2D eigenvalue weighted by molar-refractivity contribution is 0.220. The van der Waals surface area contributed by atoms with E-state index >= 15 is 0 Å². The van der Waals surface area contributed by atoms with Crippen molar-refractivity contribution in [2.75, 3.05) is 32.7 Å². The second kappa shape index (κ2) is 9.96. The number of likely N-dealkylation sites (tertiary alicyclic amines) is 1. The van der Waals surface area contributed by atoms with Gasteiger partial charge >= 0.3 is 0 Å². The van der Waals surface area contributed by atoms with Crippen molar-refractivity contribution >= 4 is 0 Å². The van der Waals surface area contributed by atoms with Gasteiger partial charge in [0.2, 0.25) is 0 Å². The molecule has 1 aromatic rings. The van der Waals surface area contributed by atoms with Crippen molar-refractivity contribution in [2.24, 2.45) is 0 Å². The molecule has 1 heterocycles. The molecule has 0 aromatic heterocycles. The van der Waals surface area contributed by atoms with Crippen LogP contribution in [0.2, 0.25) is 0 Å². The maximum atomic E-state index is 12.9. The minimum atomic E-state index is -0.149. The van der Waals surface area contributed by atoms with Crippen LogP contribution in [0.15, 0.2) is 24.3 Å². The number of hydrogen-bond donors (Lipinski definition) is 0. The lowest BCUT2D eigenvalue weighted by Crippen LogP contribution is -2.30. The third-order valence-corrected chi connectivity index (χ3v) is 4.66. The van der Waals surface area contributed by atoms with Crippen LogP contribution in [0.3, 0.4) is 0 Å². The molecule has 1 aliphatic heterocycles. The first-order valence-electron chi connectivity index (χ1n) is 8.97. The largest absolute Gasteiger partial charge is 0.303 e. The Bertz CT molecular complexity index is 398. The predicted molar refractivity (Wildman–Crippen MR) is 91.5 cm³/mol. The first-order valence-corrected chi connectivity index (χ1v) is 8.97. The van der Waals surface area contributed by atoms with Gasteiger partial charge in [0.1, 0.15) is 5.82 Å². The van der Waals surface area contributed by atoms with Gasteiger partial charge in [-0.2, -0.15) is 0 Å². The summed E-state index contributed by atoms with van der Waals surface area (Å²) in [7, 11) is 0. The highest BCUT2D eigenvalue weighted by atomic mass is 19.1. The number of benzene rings is 1. The van der Waals surface area contributed by atoms with Gasteiger partial charge in [0.15, 0.2) is 0 Å². The summed E-state index contributed by atoms with van der Waals surface area (Å²) in [5.74, 6) is -0.149. The molecule has 0 atom stereocenters. The molecule has 0 radical (unpaired) electrons. The molecule has 0 spiro atoms. The fraction of sp³-hybridized carbons (Fsp3) is 0.684. The molecule has 0 saturated carbocycles. The second-order valence-electron chi connectivity index (χ2n) is 6.46. The zero-order valence-corrected chi connectivity index (χ0v) is 14.1. The standard InChI is InChI=1S/C19H31FN2/c1-2-21(17-18-9-11-19(20)12-10-18)13-5-3-6-14-22-15-7-4-8-16-22/h9-12H,2-8,13-17H2,1H3. The highest BCUT2D eigenvalue weighted by Crippen LogP contribution is 2.11. The Morgan fingerprint density at radius 2 is 1.73 bits per heavy atom. The van der Waals surface area contributed by atoms with E-state index in [2.05, 4.69) is 16.7 Å². The molecule has 1 saturated heterocycles. The molecule has 0 aliphatic carbocycles. The molecule has 22 heavy (non-hydrogen) atoms. The third kappa shape index (κ3) is 6.45. The summed E-state index contributed by atoms with van der Waals surface area (Å²) in [6.45, 7) is 9.25. The molecule has 0 N–H and O–H groups in total. The van der Waals surface area contributed by atoms with Crippen molar-refractivity contribution in [3.8, 4) is 0 Å². The molecule has 1 fully saturated rings. The lowest BCUT2D eigenvalue weighted by Gasteiger charge is -2.26. The molecule has 2 rings (SSSR count). The molecule has 0 unspecified atom stereocenters. The van der Waals surface area contributed by atoms with Crippen molar-refractivity contribution in [2.45, 2.75) is 52.0 Å². The van der Waals surface area contributed by atoms with E-state index in [0.717, 1.165) is 19.6 Å². The summed E-state index contributed by atoms with van der Waals surface area (Å²) in [4.78, 5) is 5.08. The first-order chi connectivity index (χ1) is 10.8. The third-order valence-electron chi connectivity index (χ3n) is 4.66. The number of piperidine rings is 1. The maximum absolute atomic E-state index is 12.9. The average Bonchev–Trinajstić information content (AvgIpc) is 2.56. The van der Waals surface area contributed by atoms with Crippen LogP contribution in [0.25, 0.3) is 0 Å². The molecule has 1 aliphatic rings. The van der Waals surface area contributed by atoms with Crippen LogP contribution in [0, 0.1) is 5.82 Å². The topological polar surface area (TPSA) is 6.48 Å². The second-order valence-corrected chi connectivity index (χ2v) is 6.46. The molecule has 0 amide bonds. The van der Waals surface area contributed by atoms with Crippen LogP contribution >= 0.6 is 0 Å². The predicted octanol–water partition coefficient (Wildman–Crippen LogP) is 4.30. The van der Waals surface area contributed by atoms with Crippen LogP contribution in [0.5, 0.6) is 0 Å². The van der Waals surface area contributed by atoms with Gasteiger partial charge in [0, 0.05) is 6.54 Å². The highest BCUT2D eigenvalue weighted by molar-refractivity contribution is 5.15. The number of hydrogen-bond acceptors (Lipinski definition) is 2. The van der Waals surface area contributed by atoms with Gasteiger partial charge < -0.3 is 4.90 Å². The smallest absolute Gasteiger partial charge is 0.123 e. The summed E-state index contributed by atoms with van der Waals surface area (Å²) in [6, 6.07) is 6.91. The number of rotatable bonds is 9. The molecule has 124 valence electrons. The Hall–Kier alpha value is -0.930. The van der Waals surface area contributed by atoms with Crippen molar-refractivity contribution in [1.29, 1.82) is 0 Å². The number of nitrogens with zero attached hydrogens (tertiary/aromatic N) is 2. The summed E-state index contributed by atoms with van der Waals surface area (Å²) < 4.78 is 12.9. The minimum absolute atomic E-state index is 0.149. The van der Waals surface area contributed by atoms with E-state index in [-0.39, 0.29) is 5.82 Å². The van der Waals surface area contributed by atoms with Gasteiger partial charge in [-0.1, -0.05) is 31.9 Å². The molecular weight excluding hydrogens is 275 g/mol. The van der Waals surface area contributed by atoms with Crippen molar-refractivity contribution in [1.82, 2.24) is 9.80 Å². The molecule has 2 nitrogen and oxygen atoms in total. The maximum Gasteiger partial charge on any atom is 0.123 e.